The molecule has 0 saturated carbocycles. The number of benzene rings is 3. The number of nitrogens with zero attached hydrogens (tertiary/aromatic N) is 3. The summed E-state index contributed by atoms with van der Waals surface area (Å²) in [5.41, 5.74) is 3.16. The van der Waals surface area contributed by atoms with E-state index in [-0.39, 0.29) is 11.5 Å². The molecular formula is C28H25N3O4S. The van der Waals surface area contributed by atoms with E-state index in [1.807, 2.05) is 60.4 Å². The van der Waals surface area contributed by atoms with Crippen molar-refractivity contribution in [2.24, 2.45) is 0 Å². The van der Waals surface area contributed by atoms with Crippen LogP contribution in [0.15, 0.2) is 82.7 Å². The summed E-state index contributed by atoms with van der Waals surface area (Å²) in [6, 6.07) is 21.9. The van der Waals surface area contributed by atoms with Crippen molar-refractivity contribution < 1.29 is 14.3 Å². The van der Waals surface area contributed by atoms with Crippen molar-refractivity contribution in [3.05, 3.63) is 94.3 Å². The van der Waals surface area contributed by atoms with Gasteiger partial charge in [-0.25, -0.2) is 9.78 Å². The number of ether oxygens (including phenoxy) is 1. The van der Waals surface area contributed by atoms with E-state index in [1.54, 1.807) is 18.2 Å². The van der Waals surface area contributed by atoms with Gasteiger partial charge in [-0.3, -0.25) is 14.2 Å². The first-order valence-corrected chi connectivity index (χ1v) is 12.6. The van der Waals surface area contributed by atoms with Gasteiger partial charge in [-0.1, -0.05) is 48.2 Å². The van der Waals surface area contributed by atoms with Gasteiger partial charge in [-0.2, -0.15) is 0 Å². The first-order valence-electron chi connectivity index (χ1n) is 11.7. The van der Waals surface area contributed by atoms with Gasteiger partial charge in [0.25, 0.3) is 5.56 Å². The Bertz CT molecular complexity index is 1520. The molecule has 7 nitrogen and oxygen atoms in total. The fraction of sp³-hybridized carbons (Fsp3) is 0.214. The lowest BCUT2D eigenvalue weighted by Gasteiger charge is -2.31. The third-order valence-electron chi connectivity index (χ3n) is 6.28. The Kier molecular flexibility index (Phi) is 6.61. The number of aromatic nitrogens is 2. The molecule has 5 rings (SSSR count). The number of anilines is 1. The number of carbonyl (C=O) groups excluding carboxylic acids is 2. The van der Waals surface area contributed by atoms with E-state index in [0.29, 0.717) is 33.9 Å². The maximum atomic E-state index is 13.6. The molecule has 1 amide bonds. The molecule has 0 spiro atoms. The van der Waals surface area contributed by atoms with Crippen LogP contribution in [0.25, 0.3) is 16.6 Å². The molecular weight excluding hydrogens is 474 g/mol. The second-order valence-corrected chi connectivity index (χ2v) is 9.88. The van der Waals surface area contributed by atoms with Crippen LogP contribution < -0.4 is 10.5 Å². The van der Waals surface area contributed by atoms with Gasteiger partial charge in [-0.15, -0.1) is 0 Å². The van der Waals surface area contributed by atoms with Crippen molar-refractivity contribution in [1.29, 1.82) is 0 Å². The third-order valence-corrected chi connectivity index (χ3v) is 7.32. The largest absolute Gasteiger partial charge is 0.465 e. The minimum atomic E-state index is -0.507. The van der Waals surface area contributed by atoms with Gasteiger partial charge in [0.1, 0.15) is 0 Å². The zero-order chi connectivity index (χ0) is 25.2. The normalized spacial score (nSPS) is 13.8. The molecule has 182 valence electrons. The van der Waals surface area contributed by atoms with E-state index in [0.717, 1.165) is 24.1 Å². The first-order chi connectivity index (χ1) is 17.5. The van der Waals surface area contributed by atoms with Crippen LogP contribution in [-0.4, -0.2) is 40.3 Å². The van der Waals surface area contributed by atoms with Crippen LogP contribution in [0.3, 0.4) is 0 Å². The summed E-state index contributed by atoms with van der Waals surface area (Å²) in [6.07, 6.45) is 1.85. The Morgan fingerprint density at radius 3 is 2.56 bits per heavy atom. The smallest absolute Gasteiger partial charge is 0.337 e. The Balaban J connectivity index is 1.57. The van der Waals surface area contributed by atoms with E-state index in [9.17, 15) is 14.4 Å². The highest BCUT2D eigenvalue weighted by atomic mass is 32.2. The summed E-state index contributed by atoms with van der Waals surface area (Å²) >= 11 is 1.23. The number of rotatable bonds is 5. The number of aryl methyl sites for hydroxylation is 1. The van der Waals surface area contributed by atoms with Crippen molar-refractivity contribution in [1.82, 2.24) is 9.55 Å². The van der Waals surface area contributed by atoms with Crippen molar-refractivity contribution >= 4 is 40.2 Å². The maximum Gasteiger partial charge on any atom is 0.337 e. The minimum absolute atomic E-state index is 0.0376. The molecule has 0 radical (unpaired) electrons. The lowest BCUT2D eigenvalue weighted by atomic mass is 10.0. The van der Waals surface area contributed by atoms with E-state index in [4.69, 9.17) is 9.72 Å². The fourth-order valence-corrected chi connectivity index (χ4v) is 5.47. The summed E-state index contributed by atoms with van der Waals surface area (Å²) < 4.78 is 6.35. The van der Waals surface area contributed by atoms with E-state index < -0.39 is 11.2 Å². The Hall–Kier alpha value is -3.91. The van der Waals surface area contributed by atoms with Crippen molar-refractivity contribution in [3.8, 4) is 5.69 Å². The second kappa shape index (κ2) is 9.99. The van der Waals surface area contributed by atoms with E-state index in [1.165, 1.54) is 23.4 Å². The Morgan fingerprint density at radius 1 is 1.03 bits per heavy atom. The van der Waals surface area contributed by atoms with Crippen molar-refractivity contribution in [3.63, 3.8) is 0 Å². The number of fused-ring (bicyclic) bond motifs is 2. The average molecular weight is 500 g/mol. The summed E-state index contributed by atoms with van der Waals surface area (Å²) in [4.78, 5) is 45.8. The SMILES string of the molecule is COC(=O)c1ccc2c(=O)n(-c3ccccc3)c(SC(C)C(=O)N3CCCc4ccccc43)nc2c1. The predicted octanol–water partition coefficient (Wildman–Crippen LogP) is 4.63. The molecule has 0 saturated heterocycles. The van der Waals surface area contributed by atoms with Crippen LogP contribution in [0.5, 0.6) is 0 Å². The van der Waals surface area contributed by atoms with Gasteiger partial charge in [-0.05, 0) is 61.7 Å². The van der Waals surface area contributed by atoms with E-state index in [2.05, 4.69) is 6.07 Å². The first kappa shape index (κ1) is 23.8. The van der Waals surface area contributed by atoms with Crippen LogP contribution in [0, 0.1) is 0 Å². The number of esters is 1. The number of thioether (sulfide) groups is 1. The van der Waals surface area contributed by atoms with Crippen LogP contribution in [0.2, 0.25) is 0 Å². The predicted molar refractivity (Wildman–Crippen MR) is 141 cm³/mol. The summed E-state index contributed by atoms with van der Waals surface area (Å²) in [6.45, 7) is 2.49. The standard InChI is InChI=1S/C28H25N3O4S/c1-18(25(32)30-16-8-10-19-9-6-7-13-24(19)30)36-28-29-23-17-20(27(34)35-2)14-15-22(23)26(33)31(28)21-11-4-3-5-12-21/h3-7,9,11-15,17-18H,8,10,16H2,1-2H3. The average Bonchev–Trinajstić information content (AvgIpc) is 2.92. The number of para-hydroxylation sites is 2. The van der Waals surface area contributed by atoms with Crippen LogP contribution in [-0.2, 0) is 16.0 Å². The van der Waals surface area contributed by atoms with Crippen LogP contribution in [0.4, 0.5) is 5.69 Å². The van der Waals surface area contributed by atoms with Gasteiger partial charge in [0.15, 0.2) is 5.16 Å². The fourth-order valence-electron chi connectivity index (χ4n) is 4.48. The molecule has 36 heavy (non-hydrogen) atoms. The van der Waals surface area contributed by atoms with Crippen molar-refractivity contribution in [2.75, 3.05) is 18.6 Å². The zero-order valence-electron chi connectivity index (χ0n) is 20.0. The lowest BCUT2D eigenvalue weighted by Crippen LogP contribution is -2.40. The maximum absolute atomic E-state index is 13.6. The van der Waals surface area contributed by atoms with Gasteiger partial charge >= 0.3 is 5.97 Å². The molecule has 1 aromatic heterocycles. The number of hydrogen-bond donors (Lipinski definition) is 0. The third kappa shape index (κ3) is 4.40. The molecule has 1 aliphatic heterocycles. The molecule has 0 aliphatic carbocycles. The lowest BCUT2D eigenvalue weighted by molar-refractivity contribution is -0.117. The molecule has 1 aliphatic rings. The summed E-state index contributed by atoms with van der Waals surface area (Å²) in [5, 5.41) is 0.255. The number of hydrogen-bond acceptors (Lipinski definition) is 6. The number of carbonyl (C=O) groups is 2. The highest BCUT2D eigenvalue weighted by Gasteiger charge is 2.28. The molecule has 3 aromatic carbocycles. The zero-order valence-corrected chi connectivity index (χ0v) is 20.8. The monoisotopic (exact) mass is 499 g/mol. The van der Waals surface area contributed by atoms with Crippen molar-refractivity contribution in [2.45, 2.75) is 30.2 Å². The molecule has 4 aromatic rings. The summed E-state index contributed by atoms with van der Waals surface area (Å²) in [5.74, 6) is -0.545. The summed E-state index contributed by atoms with van der Waals surface area (Å²) in [7, 11) is 1.31. The van der Waals surface area contributed by atoms with Gasteiger partial charge < -0.3 is 9.64 Å². The minimum Gasteiger partial charge on any atom is -0.465 e. The van der Waals surface area contributed by atoms with Crippen LogP contribution in [0.1, 0.15) is 29.3 Å². The molecule has 1 unspecified atom stereocenters. The number of amides is 1. The van der Waals surface area contributed by atoms with Gasteiger partial charge in [0.2, 0.25) is 5.91 Å². The molecule has 0 bridgehead atoms. The molecule has 0 fully saturated rings. The Morgan fingerprint density at radius 2 is 1.78 bits per heavy atom. The number of methoxy groups -OCH3 is 1. The van der Waals surface area contributed by atoms with E-state index >= 15 is 0 Å². The van der Waals surface area contributed by atoms with Gasteiger partial charge in [0, 0.05) is 12.2 Å². The molecule has 1 atom stereocenters. The van der Waals surface area contributed by atoms with Crippen LogP contribution >= 0.6 is 11.8 Å². The highest BCUT2D eigenvalue weighted by molar-refractivity contribution is 8.00. The second-order valence-electron chi connectivity index (χ2n) is 8.58. The quantitative estimate of drug-likeness (QED) is 0.226. The molecule has 2 heterocycles. The Labute approximate surface area is 212 Å². The highest BCUT2D eigenvalue weighted by Crippen LogP contribution is 2.31. The molecule has 0 N–H and O–H groups in total. The topological polar surface area (TPSA) is 81.5 Å². The molecule has 8 heteroatoms. The van der Waals surface area contributed by atoms with Gasteiger partial charge in [0.05, 0.1) is 34.5 Å².